The molecule has 4 aromatic rings. The molecule has 0 aliphatic carbocycles. The number of carbonyl (C=O) groups is 1. The van der Waals surface area contributed by atoms with E-state index in [9.17, 15) is 21.6 Å². The number of anilines is 1. The van der Waals surface area contributed by atoms with Crippen molar-refractivity contribution in [3.8, 4) is 11.1 Å². The Morgan fingerprint density at radius 1 is 1.06 bits per heavy atom. The molecule has 1 aliphatic heterocycles. The number of carbonyl (C=O) groups excluding carboxylic acids is 1. The number of amides is 1. The van der Waals surface area contributed by atoms with Crippen molar-refractivity contribution in [1.82, 2.24) is 14.7 Å². The molecule has 1 amide bonds. The summed E-state index contributed by atoms with van der Waals surface area (Å²) in [4.78, 5) is 23.6. The van der Waals surface area contributed by atoms with Crippen LogP contribution in [-0.4, -0.2) is 51.6 Å². The minimum atomic E-state index is -3.96. The quantitative estimate of drug-likeness (QED) is 0.381. The number of pyridine rings is 2. The second-order valence-electron chi connectivity index (χ2n) is 8.24. The van der Waals surface area contributed by atoms with E-state index in [0.717, 1.165) is 17.6 Å². The summed E-state index contributed by atoms with van der Waals surface area (Å²) in [6.45, 7) is 0.280. The zero-order valence-electron chi connectivity index (χ0n) is 18.8. The first kappa shape index (κ1) is 24.8. The third-order valence-corrected chi connectivity index (χ3v) is 10.1. The molecule has 0 bridgehead atoms. The molecule has 1 aromatic carbocycles. The lowest BCUT2D eigenvalue weighted by atomic mass is 10.1. The number of halogens is 1. The Balaban J connectivity index is 1.34. The van der Waals surface area contributed by atoms with Crippen LogP contribution in [0.15, 0.2) is 70.0 Å². The van der Waals surface area contributed by atoms with Crippen LogP contribution in [-0.2, 0) is 24.7 Å². The monoisotopic (exact) mass is 562 g/mol. The van der Waals surface area contributed by atoms with Gasteiger partial charge in [0.15, 0.2) is 9.84 Å². The van der Waals surface area contributed by atoms with Crippen molar-refractivity contribution in [1.29, 1.82) is 0 Å². The van der Waals surface area contributed by atoms with E-state index in [1.165, 1.54) is 29.4 Å². The Kier molecular flexibility index (Phi) is 6.33. The van der Waals surface area contributed by atoms with Gasteiger partial charge in [0.1, 0.15) is 20.9 Å². The third-order valence-electron chi connectivity index (χ3n) is 5.71. The molecular weight excluding hydrogens is 544 g/mol. The summed E-state index contributed by atoms with van der Waals surface area (Å²) in [7, 11) is -7.40. The number of sulfone groups is 1. The average Bonchev–Trinajstić information content (AvgIpc) is 3.42. The zero-order valence-corrected chi connectivity index (χ0v) is 22.0. The molecule has 0 unspecified atom stereocenters. The summed E-state index contributed by atoms with van der Waals surface area (Å²) in [5.74, 6) is -0.0689. The molecule has 0 saturated carbocycles. The fourth-order valence-corrected chi connectivity index (χ4v) is 7.62. The van der Waals surface area contributed by atoms with Crippen LogP contribution in [0.2, 0.25) is 5.02 Å². The number of benzene rings is 1. The maximum absolute atomic E-state index is 13.0. The van der Waals surface area contributed by atoms with Crippen LogP contribution < -0.4 is 9.62 Å². The topological polar surface area (TPSA) is 126 Å². The largest absolute Gasteiger partial charge is 0.295 e. The minimum absolute atomic E-state index is 0.0468. The number of hydrogen-bond acceptors (Lipinski definition) is 8. The first-order valence-electron chi connectivity index (χ1n) is 10.7. The van der Waals surface area contributed by atoms with Crippen molar-refractivity contribution in [2.45, 2.75) is 21.6 Å². The Hall–Kier alpha value is -2.90. The lowest BCUT2D eigenvalue weighted by molar-refractivity contribution is -0.118. The summed E-state index contributed by atoms with van der Waals surface area (Å²) in [6, 6.07) is 12.1. The van der Waals surface area contributed by atoms with Crippen molar-refractivity contribution in [2.75, 3.05) is 17.7 Å². The smallest absolute Gasteiger partial charge is 0.250 e. The molecule has 5 rings (SSSR count). The van der Waals surface area contributed by atoms with Gasteiger partial charge in [-0.05, 0) is 36.8 Å². The van der Waals surface area contributed by atoms with Crippen LogP contribution in [0.3, 0.4) is 0 Å². The predicted octanol–water partition coefficient (Wildman–Crippen LogP) is 3.50. The fraction of sp³-hybridized carbons (Fsp3) is 0.174. The number of thiophene rings is 1. The van der Waals surface area contributed by atoms with Crippen LogP contribution in [0.5, 0.6) is 0 Å². The van der Waals surface area contributed by atoms with E-state index < -0.39 is 31.8 Å². The van der Waals surface area contributed by atoms with Crippen LogP contribution in [0, 0.1) is 0 Å². The third kappa shape index (κ3) is 4.74. The van der Waals surface area contributed by atoms with E-state index in [1.807, 2.05) is 0 Å². The highest BCUT2D eigenvalue weighted by molar-refractivity contribution is 7.91. The molecule has 186 valence electrons. The predicted molar refractivity (Wildman–Crippen MR) is 138 cm³/mol. The van der Waals surface area contributed by atoms with Gasteiger partial charge in [-0.2, -0.15) is 4.72 Å². The van der Waals surface area contributed by atoms with Crippen molar-refractivity contribution >= 4 is 64.7 Å². The summed E-state index contributed by atoms with van der Waals surface area (Å²) in [5.41, 5.74) is 1.10. The average molecular weight is 563 g/mol. The number of fused-ring (bicyclic) bond motifs is 1. The second kappa shape index (κ2) is 9.20. The highest BCUT2D eigenvalue weighted by Crippen LogP contribution is 2.31. The van der Waals surface area contributed by atoms with Crippen molar-refractivity contribution in [3.05, 3.63) is 65.9 Å². The van der Waals surface area contributed by atoms with Gasteiger partial charge < -0.3 is 0 Å². The van der Waals surface area contributed by atoms with Crippen molar-refractivity contribution in [3.63, 3.8) is 0 Å². The number of nitrogens with one attached hydrogen (secondary N) is 1. The Morgan fingerprint density at radius 2 is 1.83 bits per heavy atom. The number of hydrogen-bond donors (Lipinski definition) is 1. The first-order valence-corrected chi connectivity index (χ1v) is 15.2. The standard InChI is InChI=1S/C23H19ClN4O5S3/c1-35(30,31)19-5-3-2-4-17(19)14-6-7-20(25-12-14)28-9-8-18(23(28)29)27-36(32,33)21-11-15-10-16(24)13-26-22(15)34-21/h2-7,10-13,18,27H,8-9H2,1H3/t18-/m0/s1. The molecule has 9 nitrogen and oxygen atoms in total. The molecule has 1 saturated heterocycles. The van der Waals surface area contributed by atoms with Crippen molar-refractivity contribution in [2.24, 2.45) is 0 Å². The summed E-state index contributed by atoms with van der Waals surface area (Å²) in [6.07, 6.45) is 4.36. The number of aromatic nitrogens is 2. The highest BCUT2D eigenvalue weighted by atomic mass is 35.5. The highest BCUT2D eigenvalue weighted by Gasteiger charge is 2.36. The lowest BCUT2D eigenvalue weighted by Gasteiger charge is -2.17. The molecule has 13 heteroatoms. The van der Waals surface area contributed by atoms with Crippen LogP contribution in [0.25, 0.3) is 21.3 Å². The van der Waals surface area contributed by atoms with Gasteiger partial charge in [-0.1, -0.05) is 29.8 Å². The van der Waals surface area contributed by atoms with Gasteiger partial charge in [0, 0.05) is 41.7 Å². The van der Waals surface area contributed by atoms with Gasteiger partial charge in [0.25, 0.3) is 10.0 Å². The van der Waals surface area contributed by atoms with Gasteiger partial charge in [0.05, 0.1) is 9.92 Å². The zero-order chi connectivity index (χ0) is 25.7. The lowest BCUT2D eigenvalue weighted by Crippen LogP contribution is -2.41. The second-order valence-corrected chi connectivity index (χ2v) is 13.6. The van der Waals surface area contributed by atoms with Crippen LogP contribution in [0.4, 0.5) is 5.82 Å². The molecule has 1 N–H and O–H groups in total. The minimum Gasteiger partial charge on any atom is -0.295 e. The molecule has 1 aliphatic rings. The maximum atomic E-state index is 13.0. The van der Waals surface area contributed by atoms with Gasteiger partial charge in [0.2, 0.25) is 5.91 Å². The van der Waals surface area contributed by atoms with Crippen molar-refractivity contribution < 1.29 is 21.6 Å². The number of sulfonamides is 1. The molecule has 4 heterocycles. The molecule has 3 aromatic heterocycles. The van der Waals surface area contributed by atoms with E-state index in [1.54, 1.807) is 36.4 Å². The summed E-state index contributed by atoms with van der Waals surface area (Å²) < 4.78 is 52.7. The van der Waals surface area contributed by atoms with Gasteiger partial charge in [-0.25, -0.2) is 26.8 Å². The summed E-state index contributed by atoms with van der Waals surface area (Å²) >= 11 is 6.94. The molecule has 36 heavy (non-hydrogen) atoms. The van der Waals surface area contributed by atoms with E-state index in [2.05, 4.69) is 14.7 Å². The number of nitrogens with zero attached hydrogens (tertiary/aromatic N) is 3. The molecule has 0 radical (unpaired) electrons. The molecule has 1 fully saturated rings. The Bertz CT molecular complexity index is 1700. The van der Waals surface area contributed by atoms with E-state index in [-0.39, 0.29) is 22.1 Å². The number of rotatable bonds is 6. The van der Waals surface area contributed by atoms with Crippen LogP contribution >= 0.6 is 22.9 Å². The Labute approximate surface area is 216 Å². The SMILES string of the molecule is CS(=O)(=O)c1ccccc1-c1ccc(N2CC[C@H](NS(=O)(=O)c3cc4cc(Cl)cnc4s3)C2=O)nc1. The van der Waals surface area contributed by atoms with Gasteiger partial charge in [-0.15, -0.1) is 11.3 Å². The Morgan fingerprint density at radius 3 is 2.56 bits per heavy atom. The summed E-state index contributed by atoms with van der Waals surface area (Å²) in [5, 5.41) is 1.01. The molecular formula is C23H19ClN4O5S3. The maximum Gasteiger partial charge on any atom is 0.250 e. The van der Waals surface area contributed by atoms with E-state index in [4.69, 9.17) is 11.6 Å². The molecule has 1 atom stereocenters. The molecule has 0 spiro atoms. The van der Waals surface area contributed by atoms with E-state index >= 15 is 0 Å². The fourth-order valence-electron chi connectivity index (χ4n) is 4.01. The first-order chi connectivity index (χ1) is 17.0. The normalized spacial score (nSPS) is 16.7. The van der Waals surface area contributed by atoms with E-state index in [0.29, 0.717) is 32.2 Å². The van der Waals surface area contributed by atoms with Gasteiger partial charge >= 0.3 is 0 Å². The van der Waals surface area contributed by atoms with Crippen LogP contribution in [0.1, 0.15) is 6.42 Å². The van der Waals surface area contributed by atoms with Gasteiger partial charge in [-0.3, -0.25) is 9.69 Å².